The van der Waals surface area contributed by atoms with E-state index in [0.717, 1.165) is 25.4 Å². The molecule has 7 nitrogen and oxygen atoms in total. The fourth-order valence-electron chi connectivity index (χ4n) is 3.54. The number of hydrogen-bond acceptors (Lipinski definition) is 7. The van der Waals surface area contributed by atoms with Gasteiger partial charge in [0.2, 0.25) is 0 Å². The highest BCUT2D eigenvalue weighted by Gasteiger charge is 2.27. The summed E-state index contributed by atoms with van der Waals surface area (Å²) in [4.78, 5) is 28.7. The van der Waals surface area contributed by atoms with Gasteiger partial charge in [0, 0.05) is 18.4 Å². The van der Waals surface area contributed by atoms with Crippen LogP contribution in [0.4, 0.5) is 5.69 Å². The second kappa shape index (κ2) is 10.6. The van der Waals surface area contributed by atoms with E-state index in [2.05, 4.69) is 4.90 Å². The minimum absolute atomic E-state index is 0.0908. The van der Waals surface area contributed by atoms with Crippen molar-refractivity contribution in [3.05, 3.63) is 60.0 Å². The molecule has 7 heteroatoms. The number of rotatable bonds is 7. The quantitative estimate of drug-likeness (QED) is 0.638. The van der Waals surface area contributed by atoms with Crippen LogP contribution >= 0.6 is 0 Å². The van der Waals surface area contributed by atoms with Crippen molar-refractivity contribution in [1.29, 1.82) is 0 Å². The molecule has 0 N–H and O–H groups in total. The third-order valence-corrected chi connectivity index (χ3v) is 5.13. The lowest BCUT2D eigenvalue weighted by atomic mass is 10.1. The van der Waals surface area contributed by atoms with Crippen LogP contribution in [0.15, 0.2) is 60.0 Å². The maximum absolute atomic E-state index is 12.5. The Hall–Kier alpha value is -3.06. The van der Waals surface area contributed by atoms with Crippen LogP contribution in [0.2, 0.25) is 0 Å². The zero-order valence-electron chi connectivity index (χ0n) is 17.5. The molecular weight excluding hydrogens is 384 g/mol. The van der Waals surface area contributed by atoms with Gasteiger partial charge in [-0.2, -0.15) is 0 Å². The predicted molar refractivity (Wildman–Crippen MR) is 114 cm³/mol. The van der Waals surface area contributed by atoms with Crippen molar-refractivity contribution in [2.75, 3.05) is 45.4 Å². The van der Waals surface area contributed by atoms with Crippen molar-refractivity contribution in [2.45, 2.75) is 19.3 Å². The molecule has 1 aromatic carbocycles. The number of esters is 2. The summed E-state index contributed by atoms with van der Waals surface area (Å²) in [5.74, 6) is -0.490. The van der Waals surface area contributed by atoms with E-state index >= 15 is 0 Å². The largest absolute Gasteiger partial charge is 0.492 e. The maximum Gasteiger partial charge on any atom is 0.355 e. The van der Waals surface area contributed by atoms with Gasteiger partial charge in [-0.05, 0) is 62.3 Å². The van der Waals surface area contributed by atoms with Gasteiger partial charge in [0.05, 0.1) is 19.8 Å². The van der Waals surface area contributed by atoms with Crippen molar-refractivity contribution in [3.8, 4) is 5.75 Å². The summed E-state index contributed by atoms with van der Waals surface area (Å²) in [5.41, 5.74) is 0.907. The van der Waals surface area contributed by atoms with Crippen LogP contribution in [-0.2, 0) is 19.1 Å². The molecule has 0 aliphatic carbocycles. The molecule has 2 aliphatic heterocycles. The summed E-state index contributed by atoms with van der Waals surface area (Å²) in [6.45, 7) is 3.83. The Kier molecular flexibility index (Phi) is 7.68. The molecule has 3 rings (SSSR count). The number of hydrogen-bond donors (Lipinski definition) is 0. The smallest absolute Gasteiger partial charge is 0.355 e. The third-order valence-electron chi connectivity index (χ3n) is 5.13. The number of allylic oxidation sites excluding steroid dienone is 2. The van der Waals surface area contributed by atoms with Gasteiger partial charge < -0.3 is 19.1 Å². The second-order valence-corrected chi connectivity index (χ2v) is 7.06. The van der Waals surface area contributed by atoms with Gasteiger partial charge in [-0.15, -0.1) is 0 Å². The van der Waals surface area contributed by atoms with Gasteiger partial charge in [0.25, 0.3) is 0 Å². The molecule has 0 unspecified atom stereocenters. The molecule has 30 heavy (non-hydrogen) atoms. The summed E-state index contributed by atoms with van der Waals surface area (Å²) in [7, 11) is 2.55. The first kappa shape index (κ1) is 21.6. The molecule has 0 aromatic heterocycles. The van der Waals surface area contributed by atoms with E-state index in [-0.39, 0.29) is 11.3 Å². The minimum Gasteiger partial charge on any atom is -0.492 e. The summed E-state index contributed by atoms with van der Waals surface area (Å²) < 4.78 is 15.6. The molecule has 2 heterocycles. The Morgan fingerprint density at radius 2 is 1.63 bits per heavy atom. The zero-order valence-corrected chi connectivity index (χ0v) is 17.5. The number of carbonyl (C=O) groups is 2. The zero-order chi connectivity index (χ0) is 21.3. The van der Waals surface area contributed by atoms with Crippen LogP contribution in [0.3, 0.4) is 0 Å². The van der Waals surface area contributed by atoms with E-state index in [1.54, 1.807) is 23.3 Å². The first-order valence-electron chi connectivity index (χ1n) is 10.1. The SMILES string of the molecule is COC(=O)C1=C(C(=O)OC)N(c2ccc(OCCN3CCCCC3)cc2)C=CC=C1. The maximum atomic E-state index is 12.5. The first-order chi connectivity index (χ1) is 14.6. The third kappa shape index (κ3) is 5.30. The highest BCUT2D eigenvalue weighted by molar-refractivity contribution is 6.05. The fraction of sp³-hybridized carbons (Fsp3) is 0.391. The summed E-state index contributed by atoms with van der Waals surface area (Å²) in [6.07, 6.45) is 10.5. The Bertz CT molecular complexity index is 836. The van der Waals surface area contributed by atoms with Gasteiger partial charge in [0.15, 0.2) is 0 Å². The van der Waals surface area contributed by atoms with Gasteiger partial charge in [0.1, 0.15) is 18.1 Å². The fourth-order valence-corrected chi connectivity index (χ4v) is 3.54. The van der Waals surface area contributed by atoms with Gasteiger partial charge >= 0.3 is 11.9 Å². The topological polar surface area (TPSA) is 68.3 Å². The van der Waals surface area contributed by atoms with E-state index in [1.165, 1.54) is 39.6 Å². The van der Waals surface area contributed by atoms with Crippen LogP contribution in [0.1, 0.15) is 19.3 Å². The minimum atomic E-state index is -0.631. The Morgan fingerprint density at radius 3 is 2.30 bits per heavy atom. The van der Waals surface area contributed by atoms with Crippen LogP contribution in [0.5, 0.6) is 5.75 Å². The number of piperidine rings is 1. The molecule has 0 spiro atoms. The Labute approximate surface area is 177 Å². The highest BCUT2D eigenvalue weighted by Crippen LogP contribution is 2.28. The highest BCUT2D eigenvalue weighted by atomic mass is 16.5. The normalized spacial score (nSPS) is 16.9. The molecule has 0 saturated carbocycles. The average molecular weight is 412 g/mol. The molecule has 0 amide bonds. The molecule has 1 saturated heterocycles. The number of likely N-dealkylation sites (tertiary alicyclic amines) is 1. The molecule has 160 valence electrons. The van der Waals surface area contributed by atoms with Crippen molar-refractivity contribution in [3.63, 3.8) is 0 Å². The van der Waals surface area contributed by atoms with Crippen molar-refractivity contribution < 1.29 is 23.8 Å². The van der Waals surface area contributed by atoms with E-state index in [4.69, 9.17) is 14.2 Å². The lowest BCUT2D eigenvalue weighted by Crippen LogP contribution is -2.33. The lowest BCUT2D eigenvalue weighted by Gasteiger charge is -2.26. The predicted octanol–water partition coefficient (Wildman–Crippen LogP) is 3.04. The monoisotopic (exact) mass is 412 g/mol. The number of methoxy groups -OCH3 is 2. The van der Waals surface area contributed by atoms with E-state index in [9.17, 15) is 9.59 Å². The van der Waals surface area contributed by atoms with Crippen LogP contribution in [-0.4, -0.2) is 57.3 Å². The van der Waals surface area contributed by atoms with E-state index in [0.29, 0.717) is 12.3 Å². The van der Waals surface area contributed by atoms with Crippen LogP contribution < -0.4 is 9.64 Å². The lowest BCUT2D eigenvalue weighted by molar-refractivity contribution is -0.139. The molecule has 1 fully saturated rings. The summed E-state index contributed by atoms with van der Waals surface area (Å²) >= 11 is 0. The second-order valence-electron chi connectivity index (χ2n) is 7.06. The van der Waals surface area contributed by atoms with Gasteiger partial charge in [-0.1, -0.05) is 12.5 Å². The average Bonchev–Trinajstić information content (AvgIpc) is 3.02. The molecular formula is C23H28N2O5. The Morgan fingerprint density at radius 1 is 0.933 bits per heavy atom. The van der Waals surface area contributed by atoms with Crippen LogP contribution in [0.25, 0.3) is 0 Å². The van der Waals surface area contributed by atoms with Crippen LogP contribution in [0, 0.1) is 0 Å². The summed E-state index contributed by atoms with van der Waals surface area (Å²) in [6, 6.07) is 7.38. The van der Waals surface area contributed by atoms with E-state index in [1.807, 2.05) is 24.3 Å². The standard InChI is InChI=1S/C23H28N2O5/c1-28-22(26)20-8-4-7-15-25(21(20)23(27)29-2)18-9-11-19(12-10-18)30-17-16-24-13-5-3-6-14-24/h4,7-12,15H,3,5-6,13-14,16-17H2,1-2H3. The number of nitrogens with zero attached hydrogens (tertiary/aromatic N) is 2. The molecule has 0 atom stereocenters. The number of carbonyl (C=O) groups excluding carboxylic acids is 2. The number of ether oxygens (including phenoxy) is 3. The molecule has 0 bridgehead atoms. The number of anilines is 1. The number of benzene rings is 1. The molecule has 2 aliphatic rings. The molecule has 1 aromatic rings. The molecule has 0 radical (unpaired) electrons. The van der Waals surface area contributed by atoms with Crippen molar-refractivity contribution in [2.24, 2.45) is 0 Å². The van der Waals surface area contributed by atoms with Gasteiger partial charge in [-0.3, -0.25) is 4.90 Å². The van der Waals surface area contributed by atoms with Crippen molar-refractivity contribution in [1.82, 2.24) is 4.90 Å². The summed E-state index contributed by atoms with van der Waals surface area (Å²) in [5, 5.41) is 0. The van der Waals surface area contributed by atoms with E-state index < -0.39 is 11.9 Å². The van der Waals surface area contributed by atoms with Crippen molar-refractivity contribution >= 4 is 17.6 Å². The van der Waals surface area contributed by atoms with Gasteiger partial charge in [-0.25, -0.2) is 9.59 Å². The first-order valence-corrected chi connectivity index (χ1v) is 10.1. The Balaban J connectivity index is 1.74.